The summed E-state index contributed by atoms with van der Waals surface area (Å²) in [6.45, 7) is 10.7. The van der Waals surface area contributed by atoms with E-state index in [-0.39, 0.29) is 69.0 Å². The molecule has 0 unspecified atom stereocenters. The summed E-state index contributed by atoms with van der Waals surface area (Å²) < 4.78 is 106. The van der Waals surface area contributed by atoms with Gasteiger partial charge in [0.2, 0.25) is 0 Å². The molecule has 6 saturated heterocycles. The number of hydrogen-bond acceptors (Lipinski definition) is 12. The summed E-state index contributed by atoms with van der Waals surface area (Å²) in [6.07, 6.45) is 9.81. The fourth-order valence-electron chi connectivity index (χ4n) is 16.4. The molecule has 0 spiro atoms. The predicted molar refractivity (Wildman–Crippen MR) is 517 cm³/mol. The molecule has 6 aliphatic rings. The Balaban J connectivity index is 0.000000131. The Labute approximate surface area is 763 Å². The van der Waals surface area contributed by atoms with Crippen LogP contribution >= 0.6 is 0 Å². The average Bonchev–Trinajstić information content (AvgIpc) is 1.66. The number of benzene rings is 12. The van der Waals surface area contributed by atoms with Gasteiger partial charge in [-0.1, -0.05) is 144 Å². The molecule has 12 aromatic carbocycles. The van der Waals surface area contributed by atoms with Crippen molar-refractivity contribution >= 4 is 166 Å². The number of halogens is 6. The number of alkyl halides is 6. The minimum atomic E-state index is -5.00. The van der Waals surface area contributed by atoms with E-state index in [1.54, 1.807) is 30.3 Å². The van der Waals surface area contributed by atoms with Crippen molar-refractivity contribution in [3.05, 3.63) is 218 Å². The van der Waals surface area contributed by atoms with Crippen molar-refractivity contribution in [2.45, 2.75) is 186 Å². The largest absolute Gasteiger partial charge is 0.491 e. The summed E-state index contributed by atoms with van der Waals surface area (Å²) >= 11 is 0. The van der Waals surface area contributed by atoms with Crippen LogP contribution < -0.4 is 28.4 Å². The molecule has 0 aliphatic carbocycles. The van der Waals surface area contributed by atoms with Gasteiger partial charge in [-0.25, -0.2) is 9.59 Å². The monoisotopic (exact) mass is 1860 g/mol. The second-order valence-electron chi connectivity index (χ2n) is 32.7. The van der Waals surface area contributed by atoms with Crippen LogP contribution in [0.1, 0.15) is 144 Å². The Kier molecular flexibility index (Phi) is 34.6. The maximum absolute atomic E-state index is 12.4. The molecule has 0 bridgehead atoms. The Bertz CT molecular complexity index is 5860. The minimum absolute atomic E-state index is 0.0349. The van der Waals surface area contributed by atoms with Gasteiger partial charge in [0, 0.05) is 143 Å². The van der Waals surface area contributed by atoms with Crippen LogP contribution in [-0.2, 0) is 94.1 Å². The zero-order valence-electron chi connectivity index (χ0n) is 73.4. The molecular weight excluding hydrogens is 1750 g/mol. The fraction of sp³-hybridized carbons (Fsp3) is 0.365. The second kappa shape index (κ2) is 46.0. The maximum atomic E-state index is 12.4. The SMILES string of the molecule is CC(=O)Oc1ccc([S+]2CCCC2)c2ccccc12.CC(C)C(=O)Oc1ccc([S+]2CCCC2)c2ccccc12.CC(C)C(=O)Oc1ccc([S+]2CCCCC2)c2ccccc12.CCC(=O)Oc1ccc([S+]2CCCCC2)c2ccccc12.O=C(Oc1ccc([S+]2CCCC2)c2ccccc12)C(F)(F)F.O=C(Oc1ccc([S+]2CCCCC2)c2ccccc12)C(F)(F)F. The van der Waals surface area contributed by atoms with Crippen LogP contribution in [0.25, 0.3) is 64.6 Å². The number of esters is 6. The van der Waals surface area contributed by atoms with E-state index in [2.05, 4.69) is 100 Å². The van der Waals surface area contributed by atoms with Gasteiger partial charge in [-0.05, 0) is 206 Å². The van der Waals surface area contributed by atoms with Gasteiger partial charge in [0.1, 0.15) is 104 Å². The lowest BCUT2D eigenvalue weighted by molar-refractivity contribution is -0.189. The molecule has 0 radical (unpaired) electrons. The first kappa shape index (κ1) is 96.3. The van der Waals surface area contributed by atoms with Crippen LogP contribution in [0.4, 0.5) is 26.3 Å². The summed E-state index contributed by atoms with van der Waals surface area (Å²) in [4.78, 5) is 76.8. The van der Waals surface area contributed by atoms with E-state index in [0.29, 0.717) is 83.8 Å². The Hall–Kier alpha value is -9.30. The summed E-state index contributed by atoms with van der Waals surface area (Å²) in [5.41, 5.74) is 0. The first-order valence-corrected chi connectivity index (χ1v) is 53.8. The number of carbonyl (C=O) groups is 6. The normalized spacial score (nSPS) is 16.1. The van der Waals surface area contributed by atoms with Gasteiger partial charge in [-0.15, -0.1) is 0 Å². The van der Waals surface area contributed by atoms with Crippen LogP contribution in [0.3, 0.4) is 0 Å². The van der Waals surface area contributed by atoms with Crippen molar-refractivity contribution in [3.8, 4) is 34.5 Å². The molecule has 0 atom stereocenters. The molecular formula is C104H112F6O12S6+6. The van der Waals surface area contributed by atoms with E-state index in [4.69, 9.17) is 18.9 Å². The van der Waals surface area contributed by atoms with E-state index in [1.807, 2.05) is 120 Å². The molecule has 0 aromatic heterocycles. The lowest BCUT2D eigenvalue weighted by atomic mass is 10.1. The number of carbonyl (C=O) groups excluding carboxylic acids is 6. The zero-order valence-corrected chi connectivity index (χ0v) is 78.3. The van der Waals surface area contributed by atoms with Gasteiger partial charge in [-0.2, -0.15) is 26.3 Å². The third kappa shape index (κ3) is 25.1. The topological polar surface area (TPSA) is 158 Å². The maximum Gasteiger partial charge on any atom is 0.491 e. The van der Waals surface area contributed by atoms with Crippen LogP contribution in [0.15, 0.2) is 248 Å². The standard InChI is InChI=1S/C19H23O2S.2C18H21O2S.C17H16F3O2S.C16H14F3O2S.C16H17O2S/c1-14(2)19(20)21-17-10-11-18(22-12-6-3-7-13-22)16-9-5-4-8-15(16)17;1-13(2)18(19)20-16-9-10-17(21-11-5-6-12-21)15-8-4-3-7-14(15)16;1-2-18(19)20-16-10-11-17(21-12-6-3-7-13-21)15-9-5-4-8-14(15)16;18-17(19,20)16(21)22-14-8-9-15(23-10-4-1-5-11-23)13-7-3-2-6-12(13)14;17-16(18,19)15(20)21-13-7-8-14(22-9-3-4-10-22)12-6-2-1-5-11(12)13;1-12(17)18-15-8-9-16(19-10-4-5-11-19)14-7-3-2-6-13(14)15/h4-5,8-11,14H,3,6-7,12-13H2,1-2H3;3-4,7-10,13H,5-6,11-12H2,1-2H3;4-5,8-11H,2-3,6-7,12-13H2,1H3;2-3,6-9H,1,4-5,10-11H2;1-2,5-8H,3-4,9-10H2;2-3,6-9H,4-5,10-11H2,1H3/q6*+1. The molecule has 6 heterocycles. The van der Waals surface area contributed by atoms with E-state index in [9.17, 15) is 55.1 Å². The molecule has 24 heteroatoms. The van der Waals surface area contributed by atoms with Crippen molar-refractivity contribution in [2.24, 2.45) is 11.8 Å². The molecule has 672 valence electrons. The predicted octanol–water partition coefficient (Wildman–Crippen LogP) is 25.1. The first-order chi connectivity index (χ1) is 61.8. The number of fused-ring (bicyclic) bond motifs is 6. The lowest BCUT2D eigenvalue weighted by Gasteiger charge is -2.16. The number of hydrogen-bond donors (Lipinski definition) is 0. The highest BCUT2D eigenvalue weighted by Crippen LogP contribution is 2.43. The fourth-order valence-corrected chi connectivity index (χ4v) is 31.4. The Morgan fingerprint density at radius 3 is 0.625 bits per heavy atom. The van der Waals surface area contributed by atoms with Crippen molar-refractivity contribution in [1.29, 1.82) is 0 Å². The number of ether oxygens (including phenoxy) is 6. The average molecular weight is 1860 g/mol. The summed E-state index contributed by atoms with van der Waals surface area (Å²) in [5.74, 6) is 12.2. The van der Waals surface area contributed by atoms with Crippen LogP contribution in [0, 0.1) is 11.8 Å². The van der Waals surface area contributed by atoms with Crippen LogP contribution in [-0.4, -0.2) is 117 Å². The van der Waals surface area contributed by atoms with Crippen molar-refractivity contribution < 1.29 is 83.5 Å². The first-order valence-electron chi connectivity index (χ1n) is 44.4. The van der Waals surface area contributed by atoms with E-state index < -0.39 is 24.3 Å². The third-order valence-corrected chi connectivity index (χ3v) is 38.1. The third-order valence-electron chi connectivity index (χ3n) is 22.9. The van der Waals surface area contributed by atoms with Crippen molar-refractivity contribution in [3.63, 3.8) is 0 Å². The van der Waals surface area contributed by atoms with E-state index in [0.717, 1.165) is 65.1 Å². The van der Waals surface area contributed by atoms with Gasteiger partial charge in [0.25, 0.3) is 0 Å². The molecule has 12 aromatic rings. The van der Waals surface area contributed by atoms with Crippen LogP contribution in [0.2, 0.25) is 0 Å². The molecule has 6 aliphatic heterocycles. The highest BCUT2D eigenvalue weighted by atomic mass is 32.2. The molecule has 0 saturated carbocycles. The van der Waals surface area contributed by atoms with E-state index in [1.165, 1.54) is 203 Å². The molecule has 128 heavy (non-hydrogen) atoms. The van der Waals surface area contributed by atoms with Crippen LogP contribution in [0.5, 0.6) is 34.5 Å². The summed E-state index contributed by atoms with van der Waals surface area (Å²) in [7, 11) is 1.69. The lowest BCUT2D eigenvalue weighted by Crippen LogP contribution is -2.28. The highest BCUT2D eigenvalue weighted by Gasteiger charge is 2.44. The molecule has 18 rings (SSSR count). The smallest absolute Gasteiger partial charge is 0.426 e. The van der Waals surface area contributed by atoms with E-state index >= 15 is 0 Å². The quantitative estimate of drug-likeness (QED) is 0.0415. The van der Waals surface area contributed by atoms with Crippen molar-refractivity contribution in [1.82, 2.24) is 0 Å². The molecule has 12 nitrogen and oxygen atoms in total. The minimum Gasteiger partial charge on any atom is -0.426 e. The Morgan fingerprint density at radius 1 is 0.258 bits per heavy atom. The molecule has 0 amide bonds. The zero-order chi connectivity index (χ0) is 90.4. The van der Waals surface area contributed by atoms with Gasteiger partial charge in [-0.3, -0.25) is 19.2 Å². The van der Waals surface area contributed by atoms with Gasteiger partial charge >= 0.3 is 48.2 Å². The van der Waals surface area contributed by atoms with Gasteiger partial charge < -0.3 is 28.4 Å². The Morgan fingerprint density at radius 2 is 0.438 bits per heavy atom. The molecule has 6 fully saturated rings. The van der Waals surface area contributed by atoms with Crippen molar-refractivity contribution in [2.75, 3.05) is 69.0 Å². The molecule has 0 N–H and O–H groups in total. The highest BCUT2D eigenvalue weighted by molar-refractivity contribution is 7.98. The second-order valence-corrected chi connectivity index (χ2v) is 46.2. The number of rotatable bonds is 15. The summed E-state index contributed by atoms with van der Waals surface area (Å²) in [5, 5.41) is 12.1. The van der Waals surface area contributed by atoms with Gasteiger partial charge in [0.15, 0.2) is 29.4 Å². The summed E-state index contributed by atoms with van der Waals surface area (Å²) in [6, 6.07) is 70.6. The van der Waals surface area contributed by atoms with Gasteiger partial charge in [0.05, 0.1) is 11.8 Å².